The molecule has 2 fully saturated rings. The van der Waals surface area contributed by atoms with Crippen molar-refractivity contribution in [2.75, 3.05) is 58.9 Å². The first-order valence-corrected chi connectivity index (χ1v) is 10.9. The van der Waals surface area contributed by atoms with Crippen LogP contribution in [0.3, 0.4) is 0 Å². The highest BCUT2D eigenvalue weighted by atomic mass is 16.3. The molecule has 3 rings (SSSR count). The van der Waals surface area contributed by atoms with Crippen LogP contribution in [-0.4, -0.2) is 90.8 Å². The van der Waals surface area contributed by atoms with Crippen molar-refractivity contribution >= 4 is 5.96 Å². The number of piperazine rings is 1. The Bertz CT molecular complexity index is 578. The van der Waals surface area contributed by atoms with E-state index < -0.39 is 0 Å². The molecular weight excluding hydrogens is 350 g/mol. The lowest BCUT2D eigenvalue weighted by atomic mass is 10.1. The third kappa shape index (κ3) is 6.76. The number of aliphatic imine (C=N–C) groups is 1. The van der Waals surface area contributed by atoms with Crippen LogP contribution in [0.5, 0.6) is 0 Å². The van der Waals surface area contributed by atoms with Gasteiger partial charge in [0.05, 0.1) is 6.10 Å². The van der Waals surface area contributed by atoms with E-state index in [1.807, 2.05) is 0 Å². The molecule has 28 heavy (non-hydrogen) atoms. The van der Waals surface area contributed by atoms with Crippen molar-refractivity contribution in [1.82, 2.24) is 20.0 Å². The number of nitrogens with one attached hydrogen (secondary N) is 1. The quantitative estimate of drug-likeness (QED) is 0.423. The minimum absolute atomic E-state index is 0.0878. The molecular formula is C22H37N5O. The molecule has 0 bridgehead atoms. The maximum absolute atomic E-state index is 9.61. The topological polar surface area (TPSA) is 54.3 Å². The zero-order valence-corrected chi connectivity index (χ0v) is 17.4. The Morgan fingerprint density at radius 1 is 1.04 bits per heavy atom. The summed E-state index contributed by atoms with van der Waals surface area (Å²) in [5.41, 5.74) is 1.39. The number of likely N-dealkylation sites (tertiary alicyclic amines) is 1. The molecule has 0 unspecified atom stereocenters. The molecule has 6 heteroatoms. The van der Waals surface area contributed by atoms with Gasteiger partial charge in [-0.05, 0) is 38.3 Å². The van der Waals surface area contributed by atoms with Crippen LogP contribution in [0, 0.1) is 0 Å². The van der Waals surface area contributed by atoms with Gasteiger partial charge in [0, 0.05) is 58.9 Å². The molecule has 2 saturated heterocycles. The van der Waals surface area contributed by atoms with E-state index in [0.29, 0.717) is 0 Å². The van der Waals surface area contributed by atoms with Crippen LogP contribution in [0.25, 0.3) is 0 Å². The largest absolute Gasteiger partial charge is 0.393 e. The van der Waals surface area contributed by atoms with Gasteiger partial charge >= 0.3 is 0 Å². The Morgan fingerprint density at radius 3 is 2.43 bits per heavy atom. The molecule has 0 amide bonds. The number of aliphatic hydroxyl groups excluding tert-OH is 1. The Morgan fingerprint density at radius 2 is 1.75 bits per heavy atom. The summed E-state index contributed by atoms with van der Waals surface area (Å²) in [6, 6.07) is 10.7. The van der Waals surface area contributed by atoms with E-state index in [9.17, 15) is 5.11 Å². The highest BCUT2D eigenvalue weighted by molar-refractivity contribution is 5.80. The number of hydrogen-bond donors (Lipinski definition) is 2. The van der Waals surface area contributed by atoms with Crippen molar-refractivity contribution in [3.05, 3.63) is 35.9 Å². The zero-order valence-electron chi connectivity index (χ0n) is 17.4. The Balaban J connectivity index is 1.40. The lowest BCUT2D eigenvalue weighted by Gasteiger charge is -2.36. The van der Waals surface area contributed by atoms with Crippen molar-refractivity contribution in [3.63, 3.8) is 0 Å². The van der Waals surface area contributed by atoms with Gasteiger partial charge in [-0.2, -0.15) is 0 Å². The van der Waals surface area contributed by atoms with E-state index in [2.05, 4.69) is 57.3 Å². The second kappa shape index (κ2) is 11.4. The van der Waals surface area contributed by atoms with Crippen LogP contribution in [0.1, 0.15) is 31.7 Å². The van der Waals surface area contributed by atoms with Crippen molar-refractivity contribution in [3.8, 4) is 0 Å². The predicted octanol–water partition coefficient (Wildman–Crippen LogP) is 1.62. The van der Waals surface area contributed by atoms with Gasteiger partial charge in [-0.3, -0.25) is 9.89 Å². The minimum atomic E-state index is -0.0878. The van der Waals surface area contributed by atoms with Gasteiger partial charge in [-0.25, -0.2) is 0 Å². The molecule has 1 aromatic rings. The van der Waals surface area contributed by atoms with E-state index in [0.717, 1.165) is 90.7 Å². The van der Waals surface area contributed by atoms with E-state index in [-0.39, 0.29) is 6.10 Å². The van der Waals surface area contributed by atoms with Gasteiger partial charge in [-0.1, -0.05) is 30.3 Å². The highest BCUT2D eigenvalue weighted by Gasteiger charge is 2.20. The van der Waals surface area contributed by atoms with Crippen LogP contribution in [0.4, 0.5) is 0 Å². The number of rotatable bonds is 7. The highest BCUT2D eigenvalue weighted by Crippen LogP contribution is 2.11. The van der Waals surface area contributed by atoms with E-state index in [4.69, 9.17) is 4.99 Å². The average molecular weight is 388 g/mol. The second-order valence-corrected chi connectivity index (χ2v) is 7.91. The number of hydrogen-bond acceptors (Lipinski definition) is 4. The van der Waals surface area contributed by atoms with Gasteiger partial charge in [-0.15, -0.1) is 0 Å². The molecule has 2 aliphatic heterocycles. The van der Waals surface area contributed by atoms with E-state index in [1.165, 1.54) is 5.56 Å². The molecule has 6 nitrogen and oxygen atoms in total. The third-order valence-corrected chi connectivity index (χ3v) is 5.71. The summed E-state index contributed by atoms with van der Waals surface area (Å²) in [6.45, 7) is 12.3. The van der Waals surface area contributed by atoms with Gasteiger partial charge in [0.25, 0.3) is 0 Å². The van der Waals surface area contributed by atoms with E-state index in [1.54, 1.807) is 0 Å². The van der Waals surface area contributed by atoms with Crippen LogP contribution in [-0.2, 0) is 6.54 Å². The van der Waals surface area contributed by atoms with Gasteiger partial charge < -0.3 is 20.2 Å². The van der Waals surface area contributed by atoms with Crippen molar-refractivity contribution in [2.45, 2.75) is 38.8 Å². The first kappa shape index (κ1) is 21.1. The first-order valence-electron chi connectivity index (χ1n) is 10.9. The molecule has 0 atom stereocenters. The number of guanidine groups is 1. The molecule has 0 aromatic heterocycles. The SMILES string of the molecule is CCNC(=NCCCN1CCC(O)CC1)N1CCN(Cc2ccccc2)CC1. The smallest absolute Gasteiger partial charge is 0.194 e. The molecule has 1 aromatic carbocycles. The fraction of sp³-hybridized carbons (Fsp3) is 0.682. The normalized spacial score (nSPS) is 20.5. The monoisotopic (exact) mass is 387 g/mol. The number of nitrogens with zero attached hydrogens (tertiary/aromatic N) is 4. The number of piperidine rings is 1. The zero-order chi connectivity index (χ0) is 19.6. The van der Waals surface area contributed by atoms with Crippen LogP contribution in [0.15, 0.2) is 35.3 Å². The maximum atomic E-state index is 9.61. The molecule has 0 spiro atoms. The lowest BCUT2D eigenvalue weighted by Crippen LogP contribution is -2.52. The molecule has 0 aliphatic carbocycles. The molecule has 0 radical (unpaired) electrons. The Labute approximate surface area is 170 Å². The minimum Gasteiger partial charge on any atom is -0.393 e. The number of aliphatic hydroxyl groups is 1. The van der Waals surface area contributed by atoms with Crippen LogP contribution < -0.4 is 5.32 Å². The van der Waals surface area contributed by atoms with Crippen molar-refractivity contribution < 1.29 is 5.11 Å². The first-order chi connectivity index (χ1) is 13.7. The molecule has 2 heterocycles. The molecule has 0 saturated carbocycles. The predicted molar refractivity (Wildman–Crippen MR) is 116 cm³/mol. The summed E-state index contributed by atoms with van der Waals surface area (Å²) in [7, 11) is 0. The third-order valence-electron chi connectivity index (χ3n) is 5.71. The van der Waals surface area contributed by atoms with Crippen LogP contribution >= 0.6 is 0 Å². The lowest BCUT2D eigenvalue weighted by molar-refractivity contribution is 0.0824. The average Bonchev–Trinajstić information content (AvgIpc) is 2.73. The van der Waals surface area contributed by atoms with Crippen molar-refractivity contribution in [2.24, 2.45) is 4.99 Å². The maximum Gasteiger partial charge on any atom is 0.194 e. The molecule has 2 N–H and O–H groups in total. The van der Waals surface area contributed by atoms with Gasteiger partial charge in [0.15, 0.2) is 5.96 Å². The second-order valence-electron chi connectivity index (χ2n) is 7.91. The fourth-order valence-electron chi connectivity index (χ4n) is 4.01. The van der Waals surface area contributed by atoms with E-state index >= 15 is 0 Å². The summed E-state index contributed by atoms with van der Waals surface area (Å²) in [6.07, 6.45) is 2.83. The summed E-state index contributed by atoms with van der Waals surface area (Å²) in [5, 5.41) is 13.1. The summed E-state index contributed by atoms with van der Waals surface area (Å²) >= 11 is 0. The van der Waals surface area contributed by atoms with Gasteiger partial charge in [0.1, 0.15) is 0 Å². The fourth-order valence-corrected chi connectivity index (χ4v) is 4.01. The number of benzene rings is 1. The standard InChI is InChI=1S/C22H37N5O/c1-2-23-22(24-11-6-12-25-13-9-21(28)10-14-25)27-17-15-26(16-18-27)19-20-7-4-3-5-8-20/h3-5,7-8,21,28H,2,6,9-19H2,1H3,(H,23,24). The summed E-state index contributed by atoms with van der Waals surface area (Å²) in [5.74, 6) is 1.07. The Hall–Kier alpha value is -1.63. The molecule has 156 valence electrons. The summed E-state index contributed by atoms with van der Waals surface area (Å²) < 4.78 is 0. The van der Waals surface area contributed by atoms with Crippen molar-refractivity contribution in [1.29, 1.82) is 0 Å². The van der Waals surface area contributed by atoms with Crippen LogP contribution in [0.2, 0.25) is 0 Å². The Kier molecular flexibility index (Phi) is 8.58. The summed E-state index contributed by atoms with van der Waals surface area (Å²) in [4.78, 5) is 12.3. The molecule has 2 aliphatic rings. The van der Waals surface area contributed by atoms with Gasteiger partial charge in [0.2, 0.25) is 0 Å².